The summed E-state index contributed by atoms with van der Waals surface area (Å²) >= 11 is 0. The van der Waals surface area contributed by atoms with Gasteiger partial charge in [-0.15, -0.1) is 29.3 Å². The Kier molecular flexibility index (Phi) is 11.1. The fourth-order valence-corrected chi connectivity index (χ4v) is 8.49. The molecule has 0 spiro atoms. The molecule has 0 aliphatic heterocycles. The Hall–Kier alpha value is -3.85. The van der Waals surface area contributed by atoms with Crippen molar-refractivity contribution < 1.29 is 30.0 Å². The van der Waals surface area contributed by atoms with Crippen LogP contribution >= 0.6 is 0 Å². The second-order valence-electron chi connectivity index (χ2n) is 14.7. The van der Waals surface area contributed by atoms with E-state index in [1.165, 1.54) is 55.6 Å². The number of aromatic nitrogens is 1. The number of fused-ring (bicyclic) bond motifs is 7. The molecule has 261 valence electrons. The zero-order chi connectivity index (χ0) is 35.1. The van der Waals surface area contributed by atoms with Crippen molar-refractivity contribution in [2.24, 2.45) is 11.8 Å². The van der Waals surface area contributed by atoms with Crippen molar-refractivity contribution in [1.29, 1.82) is 0 Å². The molecule has 0 amide bonds. The van der Waals surface area contributed by atoms with E-state index in [4.69, 9.17) is 4.98 Å². The molecule has 3 nitrogen and oxygen atoms in total. The molecule has 0 bridgehead atoms. The van der Waals surface area contributed by atoms with E-state index in [0.717, 1.165) is 42.5 Å². The summed E-state index contributed by atoms with van der Waals surface area (Å²) in [6.45, 7) is 17.6. The second kappa shape index (κ2) is 14.8. The third kappa shape index (κ3) is 6.20. The van der Waals surface area contributed by atoms with Gasteiger partial charge in [0.15, 0.2) is 5.78 Å². The van der Waals surface area contributed by atoms with Crippen LogP contribution in [-0.2, 0) is 35.7 Å². The average Bonchev–Trinajstić information content (AvgIpc) is 3.51. The third-order valence-corrected chi connectivity index (χ3v) is 11.2. The first-order valence-corrected chi connectivity index (χ1v) is 18.1. The van der Waals surface area contributed by atoms with Crippen LogP contribution in [-0.4, -0.2) is 15.9 Å². The van der Waals surface area contributed by atoms with Gasteiger partial charge in [0.1, 0.15) is 0 Å². The number of hydrogen-bond donors (Lipinski definition) is 1. The van der Waals surface area contributed by atoms with Crippen LogP contribution in [0.3, 0.4) is 0 Å². The van der Waals surface area contributed by atoms with Gasteiger partial charge >= 0.3 is 0 Å². The summed E-state index contributed by atoms with van der Waals surface area (Å²) in [4.78, 5) is 17.0. The fraction of sp³-hybridized carbons (Fsp3) is 0.348. The summed E-state index contributed by atoms with van der Waals surface area (Å²) in [6, 6.07) is 34.1. The molecule has 7 rings (SSSR count). The molecule has 5 aromatic rings. The Labute approximate surface area is 312 Å². The molecule has 2 aliphatic carbocycles. The average molecular weight is 841 g/mol. The largest absolute Gasteiger partial charge is 0.512 e. The number of hydrogen-bond acceptors (Lipinski definition) is 3. The first-order chi connectivity index (χ1) is 23.5. The predicted molar refractivity (Wildman–Crippen MR) is 207 cm³/mol. The van der Waals surface area contributed by atoms with Crippen LogP contribution in [0.5, 0.6) is 0 Å². The van der Waals surface area contributed by atoms with Gasteiger partial charge in [-0.2, -0.15) is 0 Å². The van der Waals surface area contributed by atoms with E-state index in [1.807, 2.05) is 27.7 Å². The van der Waals surface area contributed by atoms with Gasteiger partial charge < -0.3 is 5.11 Å². The molecular formula is C46H50IrNO2-. The minimum Gasteiger partial charge on any atom is -0.512 e. The van der Waals surface area contributed by atoms with Crippen LogP contribution in [0, 0.1) is 17.9 Å². The number of para-hydroxylation sites is 1. The van der Waals surface area contributed by atoms with Crippen molar-refractivity contribution in [1.82, 2.24) is 4.98 Å². The number of aliphatic hydroxyl groups is 1. The van der Waals surface area contributed by atoms with E-state index in [-0.39, 0.29) is 54.3 Å². The molecule has 1 radical (unpaired) electrons. The second-order valence-corrected chi connectivity index (χ2v) is 14.7. The molecule has 1 N–H and O–H groups in total. The number of benzene rings is 4. The maximum Gasteiger partial charge on any atom is 0.162 e. The molecule has 1 heterocycles. The number of carbonyl (C=O) groups excluding carboxylic acids is 1. The first kappa shape index (κ1) is 37.4. The summed E-state index contributed by atoms with van der Waals surface area (Å²) in [5.74, 6) is 0.547. The van der Waals surface area contributed by atoms with E-state index >= 15 is 0 Å². The monoisotopic (exact) mass is 841 g/mol. The number of ketones is 1. The van der Waals surface area contributed by atoms with Crippen molar-refractivity contribution in [2.75, 3.05) is 0 Å². The van der Waals surface area contributed by atoms with Crippen molar-refractivity contribution >= 4 is 38.6 Å². The van der Waals surface area contributed by atoms with Gasteiger partial charge in [-0.25, -0.2) is 0 Å². The molecule has 50 heavy (non-hydrogen) atoms. The Bertz CT molecular complexity index is 2110. The van der Waals surface area contributed by atoms with Gasteiger partial charge in [0.05, 0.1) is 11.3 Å². The Morgan fingerprint density at radius 3 is 1.94 bits per heavy atom. The summed E-state index contributed by atoms with van der Waals surface area (Å²) < 4.78 is 0. The number of rotatable bonds is 8. The van der Waals surface area contributed by atoms with E-state index in [1.54, 1.807) is 0 Å². The van der Waals surface area contributed by atoms with Crippen molar-refractivity contribution in [2.45, 2.75) is 91.9 Å². The van der Waals surface area contributed by atoms with E-state index in [2.05, 4.69) is 119 Å². The standard InChI is InChI=1S/C33H26N.C13H24O2.Ir/c1-32(2)26-18-9-7-15-23(26)29-30(32)24-16-11-17-25(28(24)33(29,3)4)31-22-14-6-5-12-20(22)21-13-8-10-19-27(21)34-31;1-5-10(6-2)12(14)9-13(15)11(7-3)8-4;/h5-16,18-19H,1-4H3;9-11,14H,5-8H2,1-4H3;/q-1;;/b;12-9-;. The van der Waals surface area contributed by atoms with Gasteiger partial charge in [0.25, 0.3) is 0 Å². The molecule has 1 aromatic heterocycles. The van der Waals surface area contributed by atoms with Crippen LogP contribution in [0.25, 0.3) is 44.1 Å². The smallest absolute Gasteiger partial charge is 0.162 e. The fourth-order valence-electron chi connectivity index (χ4n) is 8.49. The van der Waals surface area contributed by atoms with Gasteiger partial charge in [-0.3, -0.25) is 9.78 Å². The van der Waals surface area contributed by atoms with E-state index < -0.39 is 0 Å². The zero-order valence-corrected chi connectivity index (χ0v) is 33.2. The molecule has 4 heteroatoms. The number of carbonyl (C=O) groups is 1. The molecule has 0 saturated carbocycles. The third-order valence-electron chi connectivity index (χ3n) is 11.2. The van der Waals surface area contributed by atoms with E-state index in [9.17, 15) is 9.90 Å². The maximum atomic E-state index is 11.7. The van der Waals surface area contributed by atoms with Crippen LogP contribution in [0.15, 0.2) is 96.8 Å². The number of pyridine rings is 1. The van der Waals surface area contributed by atoms with Crippen molar-refractivity contribution in [3.8, 4) is 11.3 Å². The minimum atomic E-state index is -0.143. The first-order valence-electron chi connectivity index (χ1n) is 18.1. The van der Waals surface area contributed by atoms with E-state index in [0.29, 0.717) is 0 Å². The maximum absolute atomic E-state index is 11.7. The minimum absolute atomic E-state index is 0. The predicted octanol–water partition coefficient (Wildman–Crippen LogP) is 12.2. The quantitative estimate of drug-likeness (QED) is 0.0733. The number of allylic oxidation sites excluding steroid dienone is 4. The molecule has 0 saturated heterocycles. The van der Waals surface area contributed by atoms with Crippen LogP contribution < -0.4 is 0 Å². The van der Waals surface area contributed by atoms with Crippen LogP contribution in [0.1, 0.15) is 103 Å². The summed E-state index contributed by atoms with van der Waals surface area (Å²) in [5, 5.41) is 13.4. The van der Waals surface area contributed by atoms with Gasteiger partial charge in [0.2, 0.25) is 0 Å². The molecular weight excluding hydrogens is 791 g/mol. The van der Waals surface area contributed by atoms with Crippen molar-refractivity contribution in [3.05, 3.63) is 125 Å². The number of aliphatic hydroxyl groups excluding tert-OH is 1. The molecule has 0 atom stereocenters. The van der Waals surface area contributed by atoms with Gasteiger partial charge in [-0.1, -0.05) is 128 Å². The summed E-state index contributed by atoms with van der Waals surface area (Å²) in [6.07, 6.45) is 4.91. The summed E-state index contributed by atoms with van der Waals surface area (Å²) in [7, 11) is 0. The zero-order valence-electron chi connectivity index (χ0n) is 30.8. The Balaban J connectivity index is 0.000000261. The summed E-state index contributed by atoms with van der Waals surface area (Å²) in [5.41, 5.74) is 11.5. The van der Waals surface area contributed by atoms with Gasteiger partial charge in [-0.05, 0) is 75.9 Å². The molecule has 2 aliphatic rings. The van der Waals surface area contributed by atoms with Crippen molar-refractivity contribution in [3.63, 3.8) is 0 Å². The molecule has 0 unspecified atom stereocenters. The molecule has 0 fully saturated rings. The Morgan fingerprint density at radius 2 is 1.28 bits per heavy atom. The topological polar surface area (TPSA) is 50.2 Å². The Morgan fingerprint density at radius 1 is 0.720 bits per heavy atom. The molecule has 4 aromatic carbocycles. The van der Waals surface area contributed by atoms with Crippen LogP contribution in [0.4, 0.5) is 0 Å². The SMILES string of the molecule is CC1(C)C2=C(c3ccccc31)C(C)(C)c1c(-c3nc4ccccc4c4ccccc34)[c-]ccc12.CCC(CC)C(=O)/C=C(\O)C(CC)CC.[Ir]. The number of nitrogens with zero attached hydrogens (tertiary/aromatic N) is 1. The van der Waals surface area contributed by atoms with Crippen LogP contribution in [0.2, 0.25) is 0 Å². The normalized spacial score (nSPS) is 15.4. The van der Waals surface area contributed by atoms with Gasteiger partial charge in [0, 0.05) is 48.8 Å².